The maximum atomic E-state index is 13.6. The van der Waals surface area contributed by atoms with E-state index in [-0.39, 0.29) is 31.4 Å². The number of nitrogens with two attached hydrogens (primary N) is 1. The van der Waals surface area contributed by atoms with E-state index < -0.39 is 23.5 Å². The zero-order chi connectivity index (χ0) is 26.1. The van der Waals surface area contributed by atoms with Gasteiger partial charge in [-0.25, -0.2) is 0 Å². The average Bonchev–Trinajstić information content (AvgIpc) is 2.85. The molecule has 0 spiro atoms. The lowest BCUT2D eigenvalue weighted by molar-refractivity contribution is -0.146. The molecular formula is C27H34ClN3O5. The highest BCUT2D eigenvalue weighted by Crippen LogP contribution is 2.28. The fourth-order valence-corrected chi connectivity index (χ4v) is 4.95. The average molecular weight is 516 g/mol. The first-order valence-electron chi connectivity index (χ1n) is 12.1. The SMILES string of the molecule is COCC(N)C(=O)NC1(Cc2ccc(Cl)cc2)CCCN(C(=O)C(CC(=O)O)Cc2ccccc2)C1. The number of carboxylic acid groups (broad SMARTS) is 1. The minimum atomic E-state index is -1.02. The number of halogens is 1. The van der Waals surface area contributed by atoms with Crippen molar-refractivity contribution in [2.75, 3.05) is 26.8 Å². The Morgan fingerprint density at radius 3 is 2.47 bits per heavy atom. The van der Waals surface area contributed by atoms with Gasteiger partial charge in [0, 0.05) is 25.2 Å². The molecular weight excluding hydrogens is 482 g/mol. The van der Waals surface area contributed by atoms with Crippen molar-refractivity contribution >= 4 is 29.4 Å². The number of hydrogen-bond acceptors (Lipinski definition) is 5. The molecule has 0 bridgehead atoms. The molecule has 1 aliphatic rings. The summed E-state index contributed by atoms with van der Waals surface area (Å²) >= 11 is 6.06. The van der Waals surface area contributed by atoms with E-state index in [4.69, 9.17) is 22.1 Å². The Bertz CT molecular complexity index is 1030. The number of piperidine rings is 1. The molecule has 0 aliphatic carbocycles. The van der Waals surface area contributed by atoms with Crippen molar-refractivity contribution in [1.29, 1.82) is 0 Å². The molecule has 1 heterocycles. The molecule has 0 radical (unpaired) electrons. The topological polar surface area (TPSA) is 122 Å². The Kier molecular flexibility index (Phi) is 9.87. The smallest absolute Gasteiger partial charge is 0.304 e. The molecule has 2 aromatic rings. The van der Waals surface area contributed by atoms with Crippen molar-refractivity contribution in [3.05, 3.63) is 70.7 Å². The number of hydrogen-bond donors (Lipinski definition) is 3. The summed E-state index contributed by atoms with van der Waals surface area (Å²) in [4.78, 5) is 39.9. The summed E-state index contributed by atoms with van der Waals surface area (Å²) in [6.07, 6.45) is 1.84. The molecule has 2 amide bonds. The number of carboxylic acids is 1. The summed E-state index contributed by atoms with van der Waals surface area (Å²) in [7, 11) is 1.48. The summed E-state index contributed by atoms with van der Waals surface area (Å²) in [5.41, 5.74) is 7.10. The van der Waals surface area contributed by atoms with Crippen molar-refractivity contribution in [2.45, 2.75) is 43.7 Å². The zero-order valence-electron chi connectivity index (χ0n) is 20.5. The first kappa shape index (κ1) is 27.6. The maximum Gasteiger partial charge on any atom is 0.304 e. The Hall–Kier alpha value is -2.94. The molecule has 1 fully saturated rings. The molecule has 194 valence electrons. The molecule has 0 saturated carbocycles. The van der Waals surface area contributed by atoms with Gasteiger partial charge < -0.3 is 25.8 Å². The number of ether oxygens (including phenoxy) is 1. The van der Waals surface area contributed by atoms with Crippen molar-refractivity contribution < 1.29 is 24.2 Å². The quantitative estimate of drug-likeness (QED) is 0.423. The van der Waals surface area contributed by atoms with E-state index in [0.29, 0.717) is 37.3 Å². The molecule has 36 heavy (non-hydrogen) atoms. The van der Waals surface area contributed by atoms with Gasteiger partial charge in [0.2, 0.25) is 11.8 Å². The van der Waals surface area contributed by atoms with Gasteiger partial charge in [0.15, 0.2) is 0 Å². The fraction of sp³-hybridized carbons (Fsp3) is 0.444. The minimum absolute atomic E-state index is 0.0727. The molecule has 1 saturated heterocycles. The number of rotatable bonds is 11. The third kappa shape index (κ3) is 7.78. The zero-order valence-corrected chi connectivity index (χ0v) is 21.2. The number of carbonyl (C=O) groups excluding carboxylic acids is 2. The number of amides is 2. The number of carbonyl (C=O) groups is 3. The van der Waals surface area contributed by atoms with Gasteiger partial charge in [0.25, 0.3) is 0 Å². The van der Waals surface area contributed by atoms with E-state index in [1.54, 1.807) is 17.0 Å². The van der Waals surface area contributed by atoms with E-state index in [2.05, 4.69) is 5.32 Å². The Morgan fingerprint density at radius 1 is 1.14 bits per heavy atom. The molecule has 0 aromatic heterocycles. The molecule has 1 aliphatic heterocycles. The summed E-state index contributed by atoms with van der Waals surface area (Å²) in [6.45, 7) is 0.820. The second-order valence-electron chi connectivity index (χ2n) is 9.48. The Morgan fingerprint density at radius 2 is 1.83 bits per heavy atom. The minimum Gasteiger partial charge on any atom is -0.481 e. The molecule has 9 heteroatoms. The van der Waals surface area contributed by atoms with Gasteiger partial charge in [-0.15, -0.1) is 0 Å². The van der Waals surface area contributed by atoms with E-state index >= 15 is 0 Å². The lowest BCUT2D eigenvalue weighted by Gasteiger charge is -2.45. The van der Waals surface area contributed by atoms with Crippen molar-refractivity contribution in [1.82, 2.24) is 10.2 Å². The first-order chi connectivity index (χ1) is 17.2. The van der Waals surface area contributed by atoms with Crippen LogP contribution in [-0.2, 0) is 32.0 Å². The van der Waals surface area contributed by atoms with Crippen LogP contribution in [0.15, 0.2) is 54.6 Å². The normalized spacial score (nSPS) is 19.4. The largest absolute Gasteiger partial charge is 0.481 e. The molecule has 8 nitrogen and oxygen atoms in total. The van der Waals surface area contributed by atoms with Crippen LogP contribution in [0.1, 0.15) is 30.4 Å². The van der Waals surface area contributed by atoms with Gasteiger partial charge in [-0.05, 0) is 48.9 Å². The predicted octanol–water partition coefficient (Wildman–Crippen LogP) is 2.67. The van der Waals surface area contributed by atoms with E-state index in [1.807, 2.05) is 42.5 Å². The van der Waals surface area contributed by atoms with Crippen LogP contribution < -0.4 is 11.1 Å². The third-order valence-electron chi connectivity index (χ3n) is 6.51. The molecule has 3 rings (SSSR count). The highest BCUT2D eigenvalue weighted by atomic mass is 35.5. The third-order valence-corrected chi connectivity index (χ3v) is 6.76. The maximum absolute atomic E-state index is 13.6. The summed E-state index contributed by atoms with van der Waals surface area (Å²) in [6, 6.07) is 15.9. The van der Waals surface area contributed by atoms with Crippen molar-refractivity contribution in [3.63, 3.8) is 0 Å². The number of aliphatic carboxylic acids is 1. The monoisotopic (exact) mass is 515 g/mol. The van der Waals surface area contributed by atoms with Crippen LogP contribution in [0.2, 0.25) is 5.02 Å². The second kappa shape index (κ2) is 12.9. The van der Waals surface area contributed by atoms with Crippen LogP contribution in [0.25, 0.3) is 0 Å². The van der Waals surface area contributed by atoms with Gasteiger partial charge in [0.1, 0.15) is 6.04 Å². The number of nitrogens with zero attached hydrogens (tertiary/aromatic N) is 1. The lowest BCUT2D eigenvalue weighted by atomic mass is 9.82. The van der Waals surface area contributed by atoms with Gasteiger partial charge >= 0.3 is 5.97 Å². The van der Waals surface area contributed by atoms with Crippen LogP contribution in [-0.4, -0.2) is 66.2 Å². The number of likely N-dealkylation sites (tertiary alicyclic amines) is 1. The first-order valence-corrected chi connectivity index (χ1v) is 12.4. The van der Waals surface area contributed by atoms with Crippen LogP contribution in [0.5, 0.6) is 0 Å². The van der Waals surface area contributed by atoms with Crippen molar-refractivity contribution in [3.8, 4) is 0 Å². The lowest BCUT2D eigenvalue weighted by Crippen LogP contribution is -2.64. The van der Waals surface area contributed by atoms with E-state index in [9.17, 15) is 19.5 Å². The Labute approximate surface area is 216 Å². The predicted molar refractivity (Wildman–Crippen MR) is 138 cm³/mol. The van der Waals surface area contributed by atoms with Crippen LogP contribution in [0, 0.1) is 5.92 Å². The molecule has 2 aromatic carbocycles. The second-order valence-corrected chi connectivity index (χ2v) is 9.92. The standard InChI is InChI=1S/C27H34ClN3O5/c1-36-17-23(29)25(34)30-27(16-20-8-10-22(28)11-9-20)12-5-13-31(18-27)26(35)21(15-24(32)33)14-19-6-3-2-4-7-19/h2-4,6-11,21,23H,5,12-18,29H2,1H3,(H,30,34)(H,32,33). The molecule has 3 unspecified atom stereocenters. The summed E-state index contributed by atoms with van der Waals surface area (Å²) < 4.78 is 5.04. The highest BCUT2D eigenvalue weighted by Gasteiger charge is 2.41. The summed E-state index contributed by atoms with van der Waals surface area (Å²) in [5, 5.41) is 13.2. The number of methoxy groups -OCH3 is 1. The Balaban J connectivity index is 1.85. The van der Waals surface area contributed by atoms with Gasteiger partial charge in [-0.1, -0.05) is 54.1 Å². The van der Waals surface area contributed by atoms with Crippen LogP contribution >= 0.6 is 11.6 Å². The van der Waals surface area contributed by atoms with Crippen LogP contribution in [0.3, 0.4) is 0 Å². The van der Waals surface area contributed by atoms with Gasteiger partial charge in [-0.3, -0.25) is 14.4 Å². The highest BCUT2D eigenvalue weighted by molar-refractivity contribution is 6.30. The fourth-order valence-electron chi connectivity index (χ4n) is 4.83. The van der Waals surface area contributed by atoms with Gasteiger partial charge in [0.05, 0.1) is 24.5 Å². The van der Waals surface area contributed by atoms with Gasteiger partial charge in [-0.2, -0.15) is 0 Å². The van der Waals surface area contributed by atoms with E-state index in [1.165, 1.54) is 7.11 Å². The van der Waals surface area contributed by atoms with Crippen LogP contribution in [0.4, 0.5) is 0 Å². The summed E-state index contributed by atoms with van der Waals surface area (Å²) in [5.74, 6) is -2.31. The number of benzene rings is 2. The van der Waals surface area contributed by atoms with E-state index in [0.717, 1.165) is 11.1 Å². The van der Waals surface area contributed by atoms with Crippen molar-refractivity contribution in [2.24, 2.45) is 11.7 Å². The number of nitrogens with one attached hydrogen (secondary N) is 1. The molecule has 3 atom stereocenters. The molecule has 4 N–H and O–H groups in total.